The molecule has 3 N–H and O–H groups in total. The summed E-state index contributed by atoms with van der Waals surface area (Å²) in [6.45, 7) is 14.1. The van der Waals surface area contributed by atoms with Gasteiger partial charge in [0.25, 0.3) is 0 Å². The second-order valence-corrected chi connectivity index (χ2v) is 8.11. The molecule has 164 valence electrons. The van der Waals surface area contributed by atoms with Gasteiger partial charge in [0.1, 0.15) is 12.3 Å². The predicted molar refractivity (Wildman–Crippen MR) is 120 cm³/mol. The summed E-state index contributed by atoms with van der Waals surface area (Å²) in [6.07, 6.45) is 2.06. The standard InChI is InChI=1S/C22H38N4O3/c1-7-28-15-9-8-14-23-21(24-16-20(27)26-22(4,5)6)25-18-10-12-19(13-11-18)29-17(2)3/h10-13,17H,7-9,14-16H2,1-6H3,(H,26,27)(H2,23,24,25). The summed E-state index contributed by atoms with van der Waals surface area (Å²) in [6, 6.07) is 7.68. The zero-order chi connectivity index (χ0) is 21.7. The number of aliphatic imine (C=N–C) groups is 1. The lowest BCUT2D eigenvalue weighted by atomic mass is 10.1. The molecule has 0 saturated heterocycles. The zero-order valence-electron chi connectivity index (χ0n) is 18.8. The molecule has 1 rings (SSSR count). The van der Waals surface area contributed by atoms with Crippen LogP contribution in [0.15, 0.2) is 29.3 Å². The van der Waals surface area contributed by atoms with Gasteiger partial charge < -0.3 is 25.4 Å². The number of rotatable bonds is 11. The van der Waals surface area contributed by atoms with Gasteiger partial charge in [-0.05, 0) is 78.6 Å². The fourth-order valence-corrected chi connectivity index (χ4v) is 2.45. The first-order chi connectivity index (χ1) is 13.7. The van der Waals surface area contributed by atoms with Gasteiger partial charge in [-0.25, -0.2) is 4.99 Å². The predicted octanol–water partition coefficient (Wildman–Crippen LogP) is 3.56. The number of guanidine groups is 1. The molecule has 0 saturated carbocycles. The fraction of sp³-hybridized carbons (Fsp3) is 0.636. The van der Waals surface area contributed by atoms with Crippen LogP contribution in [0, 0.1) is 0 Å². The number of nitrogens with one attached hydrogen (secondary N) is 3. The molecule has 0 radical (unpaired) electrons. The Hall–Kier alpha value is -2.28. The lowest BCUT2D eigenvalue weighted by Gasteiger charge is -2.20. The molecule has 1 aromatic rings. The summed E-state index contributed by atoms with van der Waals surface area (Å²) >= 11 is 0. The monoisotopic (exact) mass is 406 g/mol. The van der Waals surface area contributed by atoms with Crippen LogP contribution in [0.1, 0.15) is 54.4 Å². The first-order valence-electron chi connectivity index (χ1n) is 10.4. The molecule has 0 atom stereocenters. The van der Waals surface area contributed by atoms with E-state index in [9.17, 15) is 4.79 Å². The Morgan fingerprint density at radius 1 is 1.14 bits per heavy atom. The number of hydrogen-bond acceptors (Lipinski definition) is 4. The van der Waals surface area contributed by atoms with Crippen molar-refractivity contribution in [2.75, 3.05) is 31.6 Å². The van der Waals surface area contributed by atoms with Crippen molar-refractivity contribution in [1.29, 1.82) is 0 Å². The number of ether oxygens (including phenoxy) is 2. The largest absolute Gasteiger partial charge is 0.491 e. The van der Waals surface area contributed by atoms with Crippen LogP contribution in [-0.2, 0) is 9.53 Å². The van der Waals surface area contributed by atoms with Gasteiger partial charge in [-0.1, -0.05) is 0 Å². The molecule has 1 aromatic carbocycles. The highest BCUT2D eigenvalue weighted by molar-refractivity contribution is 5.95. The molecule has 7 heteroatoms. The van der Waals surface area contributed by atoms with Crippen molar-refractivity contribution < 1.29 is 14.3 Å². The lowest BCUT2D eigenvalue weighted by molar-refractivity contribution is -0.121. The number of carbonyl (C=O) groups is 1. The lowest BCUT2D eigenvalue weighted by Crippen LogP contribution is -2.42. The number of benzene rings is 1. The van der Waals surface area contributed by atoms with E-state index in [4.69, 9.17) is 9.47 Å². The average molecular weight is 407 g/mol. The van der Waals surface area contributed by atoms with E-state index in [0.717, 1.165) is 44.0 Å². The third-order valence-electron chi connectivity index (χ3n) is 3.60. The maximum absolute atomic E-state index is 12.1. The van der Waals surface area contributed by atoms with Crippen molar-refractivity contribution in [1.82, 2.24) is 10.6 Å². The van der Waals surface area contributed by atoms with Crippen molar-refractivity contribution >= 4 is 17.6 Å². The molecule has 0 aliphatic rings. The van der Waals surface area contributed by atoms with E-state index in [2.05, 4.69) is 20.9 Å². The number of unbranched alkanes of at least 4 members (excludes halogenated alkanes) is 1. The molecule has 0 unspecified atom stereocenters. The van der Waals surface area contributed by atoms with Crippen molar-refractivity contribution in [3.8, 4) is 5.75 Å². The number of hydrogen-bond donors (Lipinski definition) is 3. The fourth-order valence-electron chi connectivity index (χ4n) is 2.45. The molecular weight excluding hydrogens is 368 g/mol. The molecule has 1 amide bonds. The van der Waals surface area contributed by atoms with Crippen LogP contribution in [0.5, 0.6) is 5.75 Å². The molecule has 0 fully saturated rings. The quantitative estimate of drug-likeness (QED) is 0.297. The SMILES string of the molecule is CCOCCCCNC(=NCC(=O)NC(C)(C)C)Nc1ccc(OC(C)C)cc1. The molecule has 29 heavy (non-hydrogen) atoms. The second-order valence-electron chi connectivity index (χ2n) is 8.11. The summed E-state index contributed by atoms with van der Waals surface area (Å²) in [4.78, 5) is 16.5. The van der Waals surface area contributed by atoms with Crippen LogP contribution < -0.4 is 20.7 Å². The van der Waals surface area contributed by atoms with Crippen molar-refractivity contribution in [3.63, 3.8) is 0 Å². The summed E-state index contributed by atoms with van der Waals surface area (Å²) in [5, 5.41) is 9.45. The first-order valence-corrected chi connectivity index (χ1v) is 10.4. The van der Waals surface area contributed by atoms with Gasteiger partial charge in [0, 0.05) is 31.0 Å². The number of anilines is 1. The van der Waals surface area contributed by atoms with E-state index in [-0.39, 0.29) is 24.1 Å². The van der Waals surface area contributed by atoms with Gasteiger partial charge >= 0.3 is 0 Å². The van der Waals surface area contributed by atoms with E-state index in [0.29, 0.717) is 5.96 Å². The Labute approximate surface area is 175 Å². The van der Waals surface area contributed by atoms with Gasteiger partial charge in [0.05, 0.1) is 6.10 Å². The molecule has 0 aliphatic carbocycles. The van der Waals surface area contributed by atoms with Gasteiger partial charge in [0.2, 0.25) is 5.91 Å². The Kier molecular flexibility index (Phi) is 11.1. The van der Waals surface area contributed by atoms with Gasteiger partial charge in [0.15, 0.2) is 5.96 Å². The van der Waals surface area contributed by atoms with Gasteiger partial charge in [-0.2, -0.15) is 0 Å². The number of amides is 1. The van der Waals surface area contributed by atoms with E-state index in [1.165, 1.54) is 0 Å². The molecule has 0 aromatic heterocycles. The molecular formula is C22H38N4O3. The maximum Gasteiger partial charge on any atom is 0.242 e. The molecule has 0 heterocycles. The van der Waals surface area contributed by atoms with Crippen LogP contribution >= 0.6 is 0 Å². The van der Waals surface area contributed by atoms with E-state index in [1.807, 2.05) is 65.8 Å². The normalized spacial score (nSPS) is 12.0. The highest BCUT2D eigenvalue weighted by atomic mass is 16.5. The average Bonchev–Trinajstić information content (AvgIpc) is 2.62. The van der Waals surface area contributed by atoms with Crippen LogP contribution in [0.4, 0.5) is 5.69 Å². The Bertz CT molecular complexity index is 622. The molecule has 0 aliphatic heterocycles. The Balaban J connectivity index is 2.67. The topological polar surface area (TPSA) is 84.0 Å². The minimum atomic E-state index is -0.279. The zero-order valence-corrected chi connectivity index (χ0v) is 18.8. The van der Waals surface area contributed by atoms with Crippen molar-refractivity contribution in [3.05, 3.63) is 24.3 Å². The highest BCUT2D eigenvalue weighted by Gasteiger charge is 2.13. The van der Waals surface area contributed by atoms with Crippen molar-refractivity contribution in [2.45, 2.75) is 66.0 Å². The minimum absolute atomic E-state index is 0.0556. The van der Waals surface area contributed by atoms with E-state index >= 15 is 0 Å². The van der Waals surface area contributed by atoms with Crippen molar-refractivity contribution in [2.24, 2.45) is 4.99 Å². The van der Waals surface area contributed by atoms with Crippen LogP contribution in [0.2, 0.25) is 0 Å². The summed E-state index contributed by atoms with van der Waals surface area (Å²) in [5.74, 6) is 1.27. The summed E-state index contributed by atoms with van der Waals surface area (Å²) in [7, 11) is 0. The third-order valence-corrected chi connectivity index (χ3v) is 3.60. The first kappa shape index (κ1) is 24.8. The third kappa shape index (κ3) is 12.7. The second kappa shape index (κ2) is 13.0. The summed E-state index contributed by atoms with van der Waals surface area (Å²) in [5.41, 5.74) is 0.594. The number of carbonyl (C=O) groups excluding carboxylic acids is 1. The number of nitrogens with zero attached hydrogens (tertiary/aromatic N) is 1. The molecule has 7 nitrogen and oxygen atoms in total. The van der Waals surface area contributed by atoms with E-state index < -0.39 is 0 Å². The smallest absolute Gasteiger partial charge is 0.242 e. The minimum Gasteiger partial charge on any atom is -0.491 e. The van der Waals surface area contributed by atoms with Crippen LogP contribution in [0.25, 0.3) is 0 Å². The Morgan fingerprint density at radius 3 is 2.41 bits per heavy atom. The molecule has 0 spiro atoms. The van der Waals surface area contributed by atoms with Crippen LogP contribution in [0.3, 0.4) is 0 Å². The van der Waals surface area contributed by atoms with Gasteiger partial charge in [-0.15, -0.1) is 0 Å². The van der Waals surface area contributed by atoms with Gasteiger partial charge in [-0.3, -0.25) is 4.79 Å². The molecule has 0 bridgehead atoms. The highest BCUT2D eigenvalue weighted by Crippen LogP contribution is 2.16. The van der Waals surface area contributed by atoms with E-state index in [1.54, 1.807) is 0 Å². The Morgan fingerprint density at radius 2 is 1.83 bits per heavy atom. The summed E-state index contributed by atoms with van der Waals surface area (Å²) < 4.78 is 11.0. The van der Waals surface area contributed by atoms with Crippen LogP contribution in [-0.4, -0.2) is 49.8 Å². The maximum atomic E-state index is 12.1.